The number of hydrogen-bond donors (Lipinski definition) is 2. The van der Waals surface area contributed by atoms with Crippen LogP contribution in [0.4, 0.5) is 26.3 Å². The number of hydrogen-bond acceptors (Lipinski definition) is 3. The second kappa shape index (κ2) is 8.68. The maximum Gasteiger partial charge on any atom is 0.416 e. The molecule has 2 aromatic rings. The Bertz CT molecular complexity index is 620. The van der Waals surface area contributed by atoms with Gasteiger partial charge < -0.3 is 5.11 Å². The average molecular weight is 386 g/mol. The van der Waals surface area contributed by atoms with Gasteiger partial charge in [0.1, 0.15) is 0 Å². The number of thiol groups is 1. The van der Waals surface area contributed by atoms with Crippen molar-refractivity contribution in [3.05, 3.63) is 59.7 Å². The number of halogens is 6. The molecule has 0 spiro atoms. The summed E-state index contributed by atoms with van der Waals surface area (Å²) in [7, 11) is 0. The van der Waals surface area contributed by atoms with Gasteiger partial charge in [0.15, 0.2) is 0 Å². The highest BCUT2D eigenvalue weighted by Crippen LogP contribution is 2.30. The van der Waals surface area contributed by atoms with Gasteiger partial charge in [-0.1, -0.05) is 11.8 Å². The van der Waals surface area contributed by atoms with Gasteiger partial charge in [-0.25, -0.2) is 0 Å². The van der Waals surface area contributed by atoms with E-state index in [1.807, 2.05) is 0 Å². The molecule has 1 nitrogen and oxygen atoms in total. The van der Waals surface area contributed by atoms with Crippen LogP contribution in [-0.2, 0) is 12.4 Å². The predicted octanol–water partition coefficient (Wildman–Crippen LogP) is 5.74. The van der Waals surface area contributed by atoms with Crippen molar-refractivity contribution >= 4 is 24.4 Å². The zero-order chi connectivity index (χ0) is 18.4. The smallest absolute Gasteiger partial charge is 0.385 e. The van der Waals surface area contributed by atoms with E-state index < -0.39 is 23.5 Å². The van der Waals surface area contributed by atoms with Gasteiger partial charge in [-0.05, 0) is 48.5 Å². The molecule has 2 rings (SSSR count). The van der Waals surface area contributed by atoms with Crippen LogP contribution in [0.15, 0.2) is 58.3 Å². The van der Waals surface area contributed by atoms with Crippen molar-refractivity contribution in [3.63, 3.8) is 0 Å². The van der Waals surface area contributed by atoms with Gasteiger partial charge >= 0.3 is 12.4 Å². The highest BCUT2D eigenvalue weighted by atomic mass is 32.2. The van der Waals surface area contributed by atoms with Crippen LogP contribution in [0, 0.1) is 0 Å². The van der Waals surface area contributed by atoms with E-state index in [2.05, 4.69) is 12.6 Å². The van der Waals surface area contributed by atoms with Crippen LogP contribution in [0.5, 0.6) is 0 Å². The number of aliphatic hydroxyl groups excluding tert-OH is 1. The van der Waals surface area contributed by atoms with Crippen LogP contribution in [0.1, 0.15) is 11.1 Å². The first kappa shape index (κ1) is 20.7. The molecule has 0 atom stereocenters. The molecule has 0 amide bonds. The van der Waals surface area contributed by atoms with Gasteiger partial charge in [0.05, 0.1) is 17.1 Å². The van der Waals surface area contributed by atoms with E-state index in [0.29, 0.717) is 9.79 Å². The Morgan fingerprint density at radius 3 is 1.46 bits per heavy atom. The lowest BCUT2D eigenvalue weighted by atomic mass is 10.2. The molecular weight excluding hydrogens is 374 g/mol. The van der Waals surface area contributed by atoms with E-state index in [1.165, 1.54) is 24.3 Å². The SMILES string of the molecule is FC(F)(F)c1ccc(S)cc1.OCSc1ccc(C(F)(F)F)cc1. The van der Waals surface area contributed by atoms with Crippen molar-refractivity contribution in [2.45, 2.75) is 22.1 Å². The summed E-state index contributed by atoms with van der Waals surface area (Å²) >= 11 is 4.94. The van der Waals surface area contributed by atoms with Crippen molar-refractivity contribution < 1.29 is 31.4 Å². The first-order valence-electron chi connectivity index (χ1n) is 6.31. The molecule has 0 saturated carbocycles. The van der Waals surface area contributed by atoms with Gasteiger partial charge in [0.25, 0.3) is 0 Å². The molecule has 0 heterocycles. The normalized spacial score (nSPS) is 11.7. The third kappa shape index (κ3) is 7.06. The Balaban J connectivity index is 0.000000243. The number of rotatable bonds is 2. The fraction of sp³-hybridized carbons (Fsp3) is 0.200. The molecule has 0 fully saturated rings. The minimum absolute atomic E-state index is 0.134. The lowest BCUT2D eigenvalue weighted by molar-refractivity contribution is -0.138. The Hall–Kier alpha value is -1.32. The van der Waals surface area contributed by atoms with Crippen molar-refractivity contribution in [2.75, 3.05) is 5.94 Å². The fourth-order valence-electron chi connectivity index (χ4n) is 1.47. The van der Waals surface area contributed by atoms with Gasteiger partial charge in [0.2, 0.25) is 0 Å². The minimum atomic E-state index is -4.29. The van der Waals surface area contributed by atoms with Gasteiger partial charge in [-0.3, -0.25) is 0 Å². The Morgan fingerprint density at radius 1 is 0.750 bits per heavy atom. The van der Waals surface area contributed by atoms with Gasteiger partial charge in [0, 0.05) is 9.79 Å². The van der Waals surface area contributed by atoms with Crippen LogP contribution >= 0.6 is 24.4 Å². The number of thioether (sulfide) groups is 1. The predicted molar refractivity (Wildman–Crippen MR) is 83.1 cm³/mol. The molecule has 0 aromatic heterocycles. The standard InChI is InChI=1S/C8H7F3OS.C7H5F3S/c9-8(10,11)6-1-3-7(4-2-6)13-5-12;8-7(9,10)5-1-3-6(11)4-2-5/h1-4,12H,5H2;1-4,11H. The maximum atomic E-state index is 12.0. The summed E-state index contributed by atoms with van der Waals surface area (Å²) in [6, 6.07) is 9.30. The molecule has 0 aliphatic heterocycles. The van der Waals surface area contributed by atoms with Crippen molar-refractivity contribution in [3.8, 4) is 0 Å². The zero-order valence-corrected chi connectivity index (χ0v) is 13.6. The Morgan fingerprint density at radius 2 is 1.12 bits per heavy atom. The molecular formula is C15H12F6OS2. The maximum absolute atomic E-state index is 12.0. The molecule has 0 aliphatic rings. The van der Waals surface area contributed by atoms with Gasteiger partial charge in [-0.15, -0.1) is 12.6 Å². The highest BCUT2D eigenvalue weighted by Gasteiger charge is 2.30. The average Bonchev–Trinajstić information content (AvgIpc) is 2.47. The van der Waals surface area contributed by atoms with Crippen LogP contribution in [0.2, 0.25) is 0 Å². The molecule has 9 heteroatoms. The largest absolute Gasteiger partial charge is 0.416 e. The fourth-order valence-corrected chi connectivity index (χ4v) is 2.09. The van der Waals surface area contributed by atoms with E-state index >= 15 is 0 Å². The topological polar surface area (TPSA) is 20.2 Å². The second-order valence-electron chi connectivity index (χ2n) is 4.34. The summed E-state index contributed by atoms with van der Waals surface area (Å²) in [5.74, 6) is -0.134. The van der Waals surface area contributed by atoms with Crippen LogP contribution in [0.25, 0.3) is 0 Å². The lowest BCUT2D eigenvalue weighted by Crippen LogP contribution is -2.03. The van der Waals surface area contributed by atoms with Crippen LogP contribution in [0.3, 0.4) is 0 Å². The first-order chi connectivity index (χ1) is 11.0. The van der Waals surface area contributed by atoms with Crippen LogP contribution in [-0.4, -0.2) is 11.0 Å². The number of benzene rings is 2. The Kier molecular flexibility index (Phi) is 7.50. The molecule has 132 valence electrons. The molecule has 0 bridgehead atoms. The summed E-state index contributed by atoms with van der Waals surface area (Å²) in [5.41, 5.74) is -1.31. The highest BCUT2D eigenvalue weighted by molar-refractivity contribution is 7.99. The molecule has 0 aliphatic carbocycles. The zero-order valence-electron chi connectivity index (χ0n) is 11.9. The summed E-state index contributed by atoms with van der Waals surface area (Å²) in [6.07, 6.45) is -8.54. The van der Waals surface area contributed by atoms with Crippen molar-refractivity contribution in [2.24, 2.45) is 0 Å². The number of alkyl halides is 6. The molecule has 0 unspecified atom stereocenters. The second-order valence-corrected chi connectivity index (χ2v) is 5.87. The summed E-state index contributed by atoms with van der Waals surface area (Å²) in [4.78, 5) is 1.15. The third-order valence-corrected chi connectivity index (χ3v) is 3.64. The summed E-state index contributed by atoms with van der Waals surface area (Å²) in [6.45, 7) is 0. The quantitative estimate of drug-likeness (QED) is 0.297. The van der Waals surface area contributed by atoms with Gasteiger partial charge in [-0.2, -0.15) is 26.3 Å². The molecule has 0 saturated heterocycles. The van der Waals surface area contributed by atoms with E-state index in [-0.39, 0.29) is 5.94 Å². The third-order valence-electron chi connectivity index (χ3n) is 2.61. The summed E-state index contributed by atoms with van der Waals surface area (Å²) in [5, 5.41) is 8.49. The van der Waals surface area contributed by atoms with E-state index in [4.69, 9.17) is 5.11 Å². The van der Waals surface area contributed by atoms with E-state index in [9.17, 15) is 26.3 Å². The lowest BCUT2D eigenvalue weighted by Gasteiger charge is -2.06. The minimum Gasteiger partial charge on any atom is -0.385 e. The number of aliphatic hydroxyl groups is 1. The Labute approximate surface area is 144 Å². The van der Waals surface area contributed by atoms with E-state index in [0.717, 1.165) is 36.0 Å². The van der Waals surface area contributed by atoms with Crippen LogP contribution < -0.4 is 0 Å². The van der Waals surface area contributed by atoms with Crippen molar-refractivity contribution in [1.82, 2.24) is 0 Å². The van der Waals surface area contributed by atoms with Crippen molar-refractivity contribution in [1.29, 1.82) is 0 Å². The van der Waals surface area contributed by atoms with E-state index in [1.54, 1.807) is 0 Å². The summed E-state index contributed by atoms with van der Waals surface area (Å²) < 4.78 is 71.8. The molecule has 24 heavy (non-hydrogen) atoms. The molecule has 0 radical (unpaired) electrons. The first-order valence-corrected chi connectivity index (χ1v) is 7.74. The monoisotopic (exact) mass is 386 g/mol. The molecule has 1 N–H and O–H groups in total. The molecule has 2 aromatic carbocycles.